The van der Waals surface area contributed by atoms with Crippen molar-refractivity contribution in [2.75, 3.05) is 7.05 Å². The molecule has 0 fully saturated rings. The van der Waals surface area contributed by atoms with Gasteiger partial charge in [-0.2, -0.15) is 0 Å². The number of nitrogens with one attached hydrogen (secondary N) is 1. The van der Waals surface area contributed by atoms with E-state index >= 15 is 0 Å². The van der Waals surface area contributed by atoms with Gasteiger partial charge in [-0.15, -0.1) is 9.24 Å². The molecule has 0 aromatic heterocycles. The first-order chi connectivity index (χ1) is 4.84. The van der Waals surface area contributed by atoms with E-state index in [1.165, 1.54) is 10.9 Å². The maximum Gasteiger partial charge on any atom is 0.0208 e. The highest BCUT2D eigenvalue weighted by Gasteiger charge is 1.92. The summed E-state index contributed by atoms with van der Waals surface area (Å²) in [6.07, 6.45) is 0. The van der Waals surface area contributed by atoms with E-state index in [9.17, 15) is 0 Å². The van der Waals surface area contributed by atoms with Crippen LogP contribution in [0.3, 0.4) is 0 Å². The van der Waals surface area contributed by atoms with Gasteiger partial charge >= 0.3 is 0 Å². The van der Waals surface area contributed by atoms with E-state index in [4.69, 9.17) is 0 Å². The Balaban J connectivity index is 2.81. The summed E-state index contributed by atoms with van der Waals surface area (Å²) in [6, 6.07) is 8.32. The van der Waals surface area contributed by atoms with Crippen molar-refractivity contribution < 1.29 is 0 Å². The quantitative estimate of drug-likeness (QED) is 0.622. The van der Waals surface area contributed by atoms with E-state index in [0.717, 1.165) is 6.54 Å². The molecule has 1 aromatic carbocycles. The van der Waals surface area contributed by atoms with Gasteiger partial charge in [0.15, 0.2) is 0 Å². The van der Waals surface area contributed by atoms with Crippen molar-refractivity contribution in [3.05, 3.63) is 29.8 Å². The Morgan fingerprint density at radius 1 is 1.40 bits per heavy atom. The van der Waals surface area contributed by atoms with E-state index < -0.39 is 0 Å². The van der Waals surface area contributed by atoms with Crippen LogP contribution in [0.4, 0.5) is 0 Å². The molecule has 1 nitrogen and oxygen atoms in total. The van der Waals surface area contributed by atoms with Crippen LogP contribution in [0.1, 0.15) is 5.56 Å². The molecule has 0 saturated heterocycles. The summed E-state index contributed by atoms with van der Waals surface area (Å²) in [6.45, 7) is 0.944. The van der Waals surface area contributed by atoms with Crippen molar-refractivity contribution in [2.45, 2.75) is 6.54 Å². The molecule has 0 aliphatic carbocycles. The molecule has 54 valence electrons. The summed E-state index contributed by atoms with van der Waals surface area (Å²) in [5.74, 6) is 0. The van der Waals surface area contributed by atoms with Crippen LogP contribution >= 0.6 is 9.24 Å². The molecule has 1 aromatic rings. The van der Waals surface area contributed by atoms with Gasteiger partial charge in [0.1, 0.15) is 0 Å². The third-order valence-corrected chi connectivity index (χ3v) is 1.99. The minimum absolute atomic E-state index is 0.944. The summed E-state index contributed by atoms with van der Waals surface area (Å²) in [5.41, 5.74) is 1.34. The molecular formula is C8H12NP. The van der Waals surface area contributed by atoms with E-state index in [1.54, 1.807) is 0 Å². The summed E-state index contributed by atoms with van der Waals surface area (Å²) in [4.78, 5) is 0. The zero-order valence-corrected chi connectivity index (χ0v) is 7.25. The van der Waals surface area contributed by atoms with Gasteiger partial charge in [0.05, 0.1) is 0 Å². The lowest BCUT2D eigenvalue weighted by Gasteiger charge is -2.02. The average molecular weight is 153 g/mol. The van der Waals surface area contributed by atoms with Crippen molar-refractivity contribution in [3.63, 3.8) is 0 Å². The Morgan fingerprint density at radius 3 is 2.70 bits per heavy atom. The lowest BCUT2D eigenvalue weighted by Crippen LogP contribution is -2.11. The van der Waals surface area contributed by atoms with Gasteiger partial charge in [-0.25, -0.2) is 0 Å². The minimum Gasteiger partial charge on any atom is -0.316 e. The van der Waals surface area contributed by atoms with Gasteiger partial charge in [-0.3, -0.25) is 0 Å². The SMILES string of the molecule is CNCc1ccccc1P. The fourth-order valence-corrected chi connectivity index (χ4v) is 1.20. The van der Waals surface area contributed by atoms with Crippen molar-refractivity contribution in [1.82, 2.24) is 5.32 Å². The maximum absolute atomic E-state index is 3.11. The predicted molar refractivity (Wildman–Crippen MR) is 48.5 cm³/mol. The van der Waals surface area contributed by atoms with Gasteiger partial charge in [0, 0.05) is 6.54 Å². The Labute approximate surface area is 64.0 Å². The van der Waals surface area contributed by atoms with E-state index in [1.807, 2.05) is 13.1 Å². The van der Waals surface area contributed by atoms with Crippen LogP contribution in [0.5, 0.6) is 0 Å². The van der Waals surface area contributed by atoms with Crippen LogP contribution in [-0.2, 0) is 6.54 Å². The van der Waals surface area contributed by atoms with E-state index in [-0.39, 0.29) is 0 Å². The molecule has 0 radical (unpaired) electrons. The van der Waals surface area contributed by atoms with Crippen LogP contribution in [0.25, 0.3) is 0 Å². The lowest BCUT2D eigenvalue weighted by molar-refractivity contribution is 0.822. The first-order valence-electron chi connectivity index (χ1n) is 3.32. The van der Waals surface area contributed by atoms with Gasteiger partial charge in [-0.05, 0) is 17.9 Å². The Bertz CT molecular complexity index is 210. The largest absolute Gasteiger partial charge is 0.316 e. The first kappa shape index (κ1) is 7.71. The molecule has 0 aliphatic heterocycles. The number of rotatable bonds is 2. The molecule has 1 atom stereocenters. The molecule has 1 rings (SSSR count). The second kappa shape index (κ2) is 3.70. The van der Waals surface area contributed by atoms with Gasteiger partial charge in [0.2, 0.25) is 0 Å². The van der Waals surface area contributed by atoms with Crippen molar-refractivity contribution in [3.8, 4) is 0 Å². The van der Waals surface area contributed by atoms with E-state index in [0.29, 0.717) is 0 Å². The van der Waals surface area contributed by atoms with E-state index in [2.05, 4.69) is 32.8 Å². The smallest absolute Gasteiger partial charge is 0.0208 e. The summed E-state index contributed by atoms with van der Waals surface area (Å²) in [5, 5.41) is 4.39. The highest BCUT2D eigenvalue weighted by Crippen LogP contribution is 1.98. The third kappa shape index (κ3) is 1.80. The molecule has 0 heterocycles. The molecule has 1 unspecified atom stereocenters. The summed E-state index contributed by atoms with van der Waals surface area (Å²) >= 11 is 0. The number of hydrogen-bond donors (Lipinski definition) is 1. The van der Waals surface area contributed by atoms with Crippen LogP contribution < -0.4 is 10.6 Å². The molecule has 0 spiro atoms. The standard InChI is InChI=1S/C8H12NP/c1-9-6-7-4-2-3-5-8(7)10/h2-5,9H,6,10H2,1H3. The van der Waals surface area contributed by atoms with Crippen LogP contribution in [0, 0.1) is 0 Å². The second-order valence-electron chi connectivity index (χ2n) is 2.23. The summed E-state index contributed by atoms with van der Waals surface area (Å²) in [7, 11) is 4.68. The molecule has 0 aliphatic rings. The highest BCUT2D eigenvalue weighted by molar-refractivity contribution is 7.27. The van der Waals surface area contributed by atoms with Crippen molar-refractivity contribution >= 4 is 14.5 Å². The molecule has 2 heteroatoms. The normalized spacial score (nSPS) is 9.80. The molecule has 0 bridgehead atoms. The van der Waals surface area contributed by atoms with Crippen molar-refractivity contribution in [2.24, 2.45) is 0 Å². The van der Waals surface area contributed by atoms with Crippen LogP contribution in [0.15, 0.2) is 24.3 Å². The molecule has 10 heavy (non-hydrogen) atoms. The zero-order valence-electron chi connectivity index (χ0n) is 6.09. The first-order valence-corrected chi connectivity index (χ1v) is 3.90. The van der Waals surface area contributed by atoms with Crippen LogP contribution in [0.2, 0.25) is 0 Å². The highest BCUT2D eigenvalue weighted by atomic mass is 31.0. The Morgan fingerprint density at radius 2 is 2.10 bits per heavy atom. The second-order valence-corrected chi connectivity index (χ2v) is 2.85. The summed E-state index contributed by atoms with van der Waals surface area (Å²) < 4.78 is 0. The van der Waals surface area contributed by atoms with Crippen LogP contribution in [-0.4, -0.2) is 7.05 Å². The molecule has 1 N–H and O–H groups in total. The lowest BCUT2D eigenvalue weighted by atomic mass is 10.2. The number of hydrogen-bond acceptors (Lipinski definition) is 1. The van der Waals surface area contributed by atoms with Crippen molar-refractivity contribution in [1.29, 1.82) is 0 Å². The predicted octanol–water partition coefficient (Wildman–Crippen LogP) is 0.906. The van der Waals surface area contributed by atoms with Gasteiger partial charge in [0.25, 0.3) is 0 Å². The Hall–Kier alpha value is -0.390. The molecule has 0 amide bonds. The molecule has 0 saturated carbocycles. The van der Waals surface area contributed by atoms with Gasteiger partial charge in [-0.1, -0.05) is 24.3 Å². The molecular weight excluding hydrogens is 141 g/mol. The maximum atomic E-state index is 3.11. The Kier molecular flexibility index (Phi) is 2.85. The third-order valence-electron chi connectivity index (χ3n) is 1.42. The fourth-order valence-electron chi connectivity index (χ4n) is 0.886. The minimum atomic E-state index is 0.944. The monoisotopic (exact) mass is 153 g/mol. The van der Waals surface area contributed by atoms with Gasteiger partial charge < -0.3 is 5.32 Å². The number of benzene rings is 1. The average Bonchev–Trinajstić information content (AvgIpc) is 1.94. The topological polar surface area (TPSA) is 12.0 Å². The zero-order chi connectivity index (χ0) is 7.40. The fraction of sp³-hybridized carbons (Fsp3) is 0.250.